The smallest absolute Gasteiger partial charge is 0.246 e. The van der Waals surface area contributed by atoms with Gasteiger partial charge in [-0.1, -0.05) is 0 Å². The van der Waals surface area contributed by atoms with Crippen LogP contribution in [-0.2, 0) is 10.0 Å². The summed E-state index contributed by atoms with van der Waals surface area (Å²) < 4.78 is 37.1. The van der Waals surface area contributed by atoms with E-state index < -0.39 is 10.0 Å². The summed E-state index contributed by atoms with van der Waals surface area (Å²) in [6, 6.07) is 4.62. The van der Waals surface area contributed by atoms with Crippen molar-refractivity contribution in [2.24, 2.45) is 5.73 Å². The number of hydrogen-bond acceptors (Lipinski definition) is 5. The maximum absolute atomic E-state index is 12.7. The van der Waals surface area contributed by atoms with E-state index in [1.807, 2.05) is 0 Å². The van der Waals surface area contributed by atoms with Crippen LogP contribution in [0, 0.1) is 0 Å². The van der Waals surface area contributed by atoms with Crippen LogP contribution in [0.15, 0.2) is 23.1 Å². The average molecular weight is 300 g/mol. The molecule has 0 bridgehead atoms. The Morgan fingerprint density at radius 2 is 2.05 bits per heavy atom. The standard InChI is InChI=1S/C13H20N2O4S/c1-18-11-5-6-12(19-2)13(8-11)20(16,17)15-7-3-4-10(14)9-15/h5-6,8,10H,3-4,7,9,14H2,1-2H3. The van der Waals surface area contributed by atoms with Crippen LogP contribution in [0.2, 0.25) is 0 Å². The molecule has 0 amide bonds. The highest BCUT2D eigenvalue weighted by Crippen LogP contribution is 2.31. The van der Waals surface area contributed by atoms with E-state index >= 15 is 0 Å². The predicted molar refractivity (Wildman–Crippen MR) is 75.5 cm³/mol. The number of rotatable bonds is 4. The Kier molecular flexibility index (Phi) is 4.52. The number of ether oxygens (including phenoxy) is 2. The number of nitrogens with two attached hydrogens (primary N) is 1. The van der Waals surface area contributed by atoms with Crippen LogP contribution in [0.1, 0.15) is 12.8 Å². The van der Waals surface area contributed by atoms with Crippen LogP contribution in [-0.4, -0.2) is 46.1 Å². The van der Waals surface area contributed by atoms with E-state index in [1.54, 1.807) is 12.1 Å². The Labute approximate surface area is 119 Å². The third-order valence-electron chi connectivity index (χ3n) is 3.41. The Morgan fingerprint density at radius 3 is 2.65 bits per heavy atom. The number of benzene rings is 1. The zero-order valence-electron chi connectivity index (χ0n) is 11.7. The van der Waals surface area contributed by atoms with Crippen molar-refractivity contribution in [3.8, 4) is 11.5 Å². The lowest BCUT2D eigenvalue weighted by Crippen LogP contribution is -2.45. The van der Waals surface area contributed by atoms with Crippen molar-refractivity contribution < 1.29 is 17.9 Å². The number of nitrogens with zero attached hydrogens (tertiary/aromatic N) is 1. The summed E-state index contributed by atoms with van der Waals surface area (Å²) in [5.41, 5.74) is 5.86. The number of hydrogen-bond donors (Lipinski definition) is 1. The first-order chi connectivity index (χ1) is 9.48. The zero-order valence-corrected chi connectivity index (χ0v) is 12.5. The van der Waals surface area contributed by atoms with Crippen LogP contribution < -0.4 is 15.2 Å². The molecule has 7 heteroatoms. The van der Waals surface area contributed by atoms with Gasteiger partial charge in [-0.05, 0) is 25.0 Å². The fraction of sp³-hybridized carbons (Fsp3) is 0.538. The fourth-order valence-electron chi connectivity index (χ4n) is 2.32. The molecule has 0 radical (unpaired) electrons. The molecule has 20 heavy (non-hydrogen) atoms. The van der Waals surface area contributed by atoms with Gasteiger partial charge in [0.2, 0.25) is 10.0 Å². The molecule has 2 N–H and O–H groups in total. The van der Waals surface area contributed by atoms with Crippen LogP contribution in [0.3, 0.4) is 0 Å². The summed E-state index contributed by atoms with van der Waals surface area (Å²) in [7, 11) is -0.680. The highest BCUT2D eigenvalue weighted by Gasteiger charge is 2.31. The molecule has 1 saturated heterocycles. The average Bonchev–Trinajstić information content (AvgIpc) is 2.46. The van der Waals surface area contributed by atoms with Crippen molar-refractivity contribution >= 4 is 10.0 Å². The Morgan fingerprint density at radius 1 is 1.30 bits per heavy atom. The van der Waals surface area contributed by atoms with Gasteiger partial charge in [-0.3, -0.25) is 0 Å². The molecule has 0 saturated carbocycles. The monoisotopic (exact) mass is 300 g/mol. The summed E-state index contributed by atoms with van der Waals surface area (Å²) in [5, 5.41) is 0. The van der Waals surface area contributed by atoms with Gasteiger partial charge >= 0.3 is 0 Å². The lowest BCUT2D eigenvalue weighted by Gasteiger charge is -2.30. The van der Waals surface area contributed by atoms with Crippen LogP contribution in [0.4, 0.5) is 0 Å². The van der Waals surface area contributed by atoms with E-state index in [0.717, 1.165) is 12.8 Å². The first-order valence-electron chi connectivity index (χ1n) is 6.47. The minimum atomic E-state index is -3.62. The quantitative estimate of drug-likeness (QED) is 0.890. The van der Waals surface area contributed by atoms with Crippen LogP contribution >= 0.6 is 0 Å². The molecule has 0 spiro atoms. The second-order valence-electron chi connectivity index (χ2n) is 4.78. The molecule has 1 fully saturated rings. The maximum atomic E-state index is 12.7. The van der Waals surface area contributed by atoms with E-state index in [0.29, 0.717) is 24.6 Å². The predicted octanol–water partition coefficient (Wildman–Crippen LogP) is 0.816. The molecule has 0 aliphatic carbocycles. The molecule has 1 heterocycles. The van der Waals surface area contributed by atoms with E-state index in [1.165, 1.54) is 24.6 Å². The molecule has 1 aromatic carbocycles. The van der Waals surface area contributed by atoms with Gasteiger partial charge in [-0.25, -0.2) is 8.42 Å². The normalized spacial score (nSPS) is 20.6. The molecule has 1 aromatic rings. The topological polar surface area (TPSA) is 81.9 Å². The molecular formula is C13H20N2O4S. The summed E-state index contributed by atoms with van der Waals surface area (Å²) in [4.78, 5) is 0.119. The van der Waals surface area contributed by atoms with E-state index in [-0.39, 0.29) is 10.9 Å². The molecule has 112 valence electrons. The van der Waals surface area contributed by atoms with Crippen molar-refractivity contribution in [2.45, 2.75) is 23.8 Å². The summed E-state index contributed by atoms with van der Waals surface area (Å²) in [6.07, 6.45) is 1.62. The lowest BCUT2D eigenvalue weighted by molar-refractivity contribution is 0.313. The van der Waals surface area contributed by atoms with Crippen molar-refractivity contribution in [1.82, 2.24) is 4.31 Å². The Bertz CT molecular complexity index is 574. The maximum Gasteiger partial charge on any atom is 0.246 e. The third kappa shape index (κ3) is 2.89. The molecule has 2 rings (SSSR count). The van der Waals surface area contributed by atoms with Gasteiger partial charge < -0.3 is 15.2 Å². The molecule has 6 nitrogen and oxygen atoms in total. The van der Waals surface area contributed by atoms with Crippen LogP contribution in [0.5, 0.6) is 11.5 Å². The fourth-order valence-corrected chi connectivity index (χ4v) is 4.02. The zero-order chi connectivity index (χ0) is 14.8. The third-order valence-corrected chi connectivity index (χ3v) is 5.30. The molecule has 1 unspecified atom stereocenters. The summed E-state index contributed by atoms with van der Waals surface area (Å²) in [6.45, 7) is 0.819. The van der Waals surface area contributed by atoms with Crippen molar-refractivity contribution in [2.75, 3.05) is 27.3 Å². The Balaban J connectivity index is 2.42. The van der Waals surface area contributed by atoms with Gasteiger partial charge in [0, 0.05) is 25.2 Å². The van der Waals surface area contributed by atoms with Crippen molar-refractivity contribution in [1.29, 1.82) is 0 Å². The van der Waals surface area contributed by atoms with Crippen molar-refractivity contribution in [3.05, 3.63) is 18.2 Å². The highest BCUT2D eigenvalue weighted by molar-refractivity contribution is 7.89. The summed E-state index contributed by atoms with van der Waals surface area (Å²) >= 11 is 0. The van der Waals surface area contributed by atoms with Gasteiger partial charge in [-0.15, -0.1) is 0 Å². The van der Waals surface area contributed by atoms with Gasteiger partial charge in [0.1, 0.15) is 16.4 Å². The van der Waals surface area contributed by atoms with E-state index in [9.17, 15) is 8.42 Å². The van der Waals surface area contributed by atoms with Gasteiger partial charge in [-0.2, -0.15) is 4.31 Å². The number of sulfonamides is 1. The minimum absolute atomic E-state index is 0.116. The SMILES string of the molecule is COc1ccc(OC)c(S(=O)(=O)N2CCCC(N)C2)c1. The van der Waals surface area contributed by atoms with Gasteiger partial charge in [0.15, 0.2) is 0 Å². The van der Waals surface area contributed by atoms with E-state index in [4.69, 9.17) is 15.2 Å². The largest absolute Gasteiger partial charge is 0.497 e. The van der Waals surface area contributed by atoms with E-state index in [2.05, 4.69) is 0 Å². The molecule has 1 aliphatic rings. The Hall–Kier alpha value is -1.31. The molecular weight excluding hydrogens is 280 g/mol. The number of methoxy groups -OCH3 is 2. The number of piperidine rings is 1. The second-order valence-corrected chi connectivity index (χ2v) is 6.69. The lowest BCUT2D eigenvalue weighted by atomic mass is 10.1. The first kappa shape index (κ1) is 15.1. The van der Waals surface area contributed by atoms with Gasteiger partial charge in [0.05, 0.1) is 14.2 Å². The second kappa shape index (κ2) is 5.99. The van der Waals surface area contributed by atoms with Crippen molar-refractivity contribution in [3.63, 3.8) is 0 Å². The molecule has 1 atom stereocenters. The molecule has 0 aromatic heterocycles. The highest BCUT2D eigenvalue weighted by atomic mass is 32.2. The minimum Gasteiger partial charge on any atom is -0.497 e. The molecule has 1 aliphatic heterocycles. The first-order valence-corrected chi connectivity index (χ1v) is 7.91. The summed E-state index contributed by atoms with van der Waals surface area (Å²) in [5.74, 6) is 0.788. The van der Waals surface area contributed by atoms with Gasteiger partial charge in [0.25, 0.3) is 0 Å². The van der Waals surface area contributed by atoms with Crippen LogP contribution in [0.25, 0.3) is 0 Å².